The van der Waals surface area contributed by atoms with Gasteiger partial charge in [0.25, 0.3) is 0 Å². The molecule has 90 valence electrons. The second-order valence-electron chi connectivity index (χ2n) is 4.70. The van der Waals surface area contributed by atoms with Crippen LogP contribution in [0.2, 0.25) is 0 Å². The predicted molar refractivity (Wildman–Crippen MR) is 78.1 cm³/mol. The van der Waals surface area contributed by atoms with Gasteiger partial charge in [-0.05, 0) is 49.8 Å². The first-order chi connectivity index (χ1) is 8.18. The van der Waals surface area contributed by atoms with Gasteiger partial charge in [-0.15, -0.1) is 12.6 Å². The third kappa shape index (κ3) is 3.02. The molecule has 0 heterocycles. The van der Waals surface area contributed by atoms with Gasteiger partial charge in [0, 0.05) is 4.90 Å². The van der Waals surface area contributed by atoms with Gasteiger partial charge >= 0.3 is 0 Å². The molecule has 2 rings (SSSR count). The van der Waals surface area contributed by atoms with Crippen molar-refractivity contribution in [2.45, 2.75) is 17.7 Å². The summed E-state index contributed by atoms with van der Waals surface area (Å²) in [7, 11) is 4.23. The van der Waals surface area contributed by atoms with Gasteiger partial charge in [-0.25, -0.2) is 0 Å². The molecule has 2 aromatic carbocycles. The van der Waals surface area contributed by atoms with Gasteiger partial charge in [-0.2, -0.15) is 0 Å². The molecule has 0 N–H and O–H groups in total. The van der Waals surface area contributed by atoms with E-state index in [-0.39, 0.29) is 0 Å². The molecular formula is C15H19NS. The number of hydrogen-bond donors (Lipinski definition) is 1. The maximum absolute atomic E-state index is 4.67. The van der Waals surface area contributed by atoms with Crippen LogP contribution in [0.15, 0.2) is 41.3 Å². The lowest BCUT2D eigenvalue weighted by Crippen LogP contribution is -2.13. The summed E-state index contributed by atoms with van der Waals surface area (Å²) in [5.41, 5.74) is 1.36. The second-order valence-corrected chi connectivity index (χ2v) is 5.15. The fourth-order valence-corrected chi connectivity index (χ4v) is 2.48. The van der Waals surface area contributed by atoms with Crippen LogP contribution in [0.5, 0.6) is 0 Å². The van der Waals surface area contributed by atoms with Crippen molar-refractivity contribution in [2.24, 2.45) is 0 Å². The molecule has 0 unspecified atom stereocenters. The standard InChI is InChI=1S/C15H19NS/c1-16(2)11-5-7-13-10-9-12-6-3-4-8-14(12)15(13)17/h3-4,6,8-10,17H,5,7,11H2,1-2H3. The minimum atomic E-state index is 1.10. The van der Waals surface area contributed by atoms with Crippen LogP contribution in [0.3, 0.4) is 0 Å². The summed E-state index contributed by atoms with van der Waals surface area (Å²) in [6, 6.07) is 12.8. The van der Waals surface area contributed by atoms with Gasteiger partial charge in [0.1, 0.15) is 0 Å². The Morgan fingerprint density at radius 2 is 1.82 bits per heavy atom. The minimum absolute atomic E-state index is 1.10. The van der Waals surface area contributed by atoms with E-state index in [1.807, 2.05) is 0 Å². The molecule has 0 aromatic heterocycles. The molecule has 2 aromatic rings. The minimum Gasteiger partial charge on any atom is -0.309 e. The van der Waals surface area contributed by atoms with Crippen LogP contribution in [0, 0.1) is 0 Å². The zero-order valence-electron chi connectivity index (χ0n) is 10.5. The van der Waals surface area contributed by atoms with Crippen molar-refractivity contribution >= 4 is 23.4 Å². The molecule has 0 bridgehead atoms. The van der Waals surface area contributed by atoms with Crippen LogP contribution >= 0.6 is 12.6 Å². The lowest BCUT2D eigenvalue weighted by molar-refractivity contribution is 0.400. The number of hydrogen-bond acceptors (Lipinski definition) is 2. The molecule has 0 aliphatic heterocycles. The van der Waals surface area contributed by atoms with Gasteiger partial charge in [-0.1, -0.05) is 36.4 Å². The van der Waals surface area contributed by atoms with Crippen LogP contribution in [0.4, 0.5) is 0 Å². The smallest absolute Gasteiger partial charge is 0.0151 e. The highest BCUT2D eigenvalue weighted by molar-refractivity contribution is 7.80. The van der Waals surface area contributed by atoms with Crippen molar-refractivity contribution in [2.75, 3.05) is 20.6 Å². The summed E-state index contributed by atoms with van der Waals surface area (Å²) < 4.78 is 0. The highest BCUT2D eigenvalue weighted by Gasteiger charge is 2.03. The molecule has 0 spiro atoms. The highest BCUT2D eigenvalue weighted by atomic mass is 32.1. The van der Waals surface area contributed by atoms with Gasteiger partial charge in [0.05, 0.1) is 0 Å². The first-order valence-electron chi connectivity index (χ1n) is 6.03. The predicted octanol–water partition coefficient (Wildman–Crippen LogP) is 3.62. The van der Waals surface area contributed by atoms with E-state index < -0.39 is 0 Å². The Bertz CT molecular complexity index is 505. The van der Waals surface area contributed by atoms with Crippen molar-refractivity contribution in [1.82, 2.24) is 4.90 Å². The SMILES string of the molecule is CN(C)CCCc1ccc2ccccc2c1S. The third-order valence-electron chi connectivity index (χ3n) is 3.04. The van der Waals surface area contributed by atoms with Gasteiger partial charge in [0.2, 0.25) is 0 Å². The molecule has 0 saturated heterocycles. The molecule has 0 atom stereocenters. The van der Waals surface area contributed by atoms with E-state index in [1.54, 1.807) is 0 Å². The number of thiol groups is 1. The normalized spacial score (nSPS) is 11.3. The molecule has 1 nitrogen and oxygen atoms in total. The second kappa shape index (κ2) is 5.56. The molecule has 0 saturated carbocycles. The van der Waals surface area contributed by atoms with E-state index in [0.29, 0.717) is 0 Å². The highest BCUT2D eigenvalue weighted by Crippen LogP contribution is 2.26. The zero-order valence-corrected chi connectivity index (χ0v) is 11.4. The van der Waals surface area contributed by atoms with Crippen molar-refractivity contribution in [1.29, 1.82) is 0 Å². The molecule has 0 amide bonds. The largest absolute Gasteiger partial charge is 0.309 e. The Morgan fingerprint density at radius 3 is 2.59 bits per heavy atom. The Balaban J connectivity index is 2.21. The maximum Gasteiger partial charge on any atom is 0.0151 e. The van der Waals surface area contributed by atoms with Crippen LogP contribution in [-0.2, 0) is 6.42 Å². The molecule has 17 heavy (non-hydrogen) atoms. The number of aryl methyl sites for hydroxylation is 1. The quantitative estimate of drug-likeness (QED) is 0.805. The first-order valence-corrected chi connectivity index (χ1v) is 6.47. The molecular weight excluding hydrogens is 226 g/mol. The Kier molecular flexibility index (Phi) is 4.08. The van der Waals surface area contributed by atoms with Gasteiger partial charge < -0.3 is 4.90 Å². The number of nitrogens with zero attached hydrogens (tertiary/aromatic N) is 1. The lowest BCUT2D eigenvalue weighted by atomic mass is 10.0. The molecule has 0 aliphatic rings. The van der Waals surface area contributed by atoms with Crippen LogP contribution in [0.1, 0.15) is 12.0 Å². The Labute approximate surface area is 109 Å². The van der Waals surface area contributed by atoms with E-state index in [0.717, 1.165) is 17.9 Å². The third-order valence-corrected chi connectivity index (χ3v) is 3.56. The van der Waals surface area contributed by atoms with Crippen molar-refractivity contribution in [3.05, 3.63) is 42.0 Å². The van der Waals surface area contributed by atoms with Gasteiger partial charge in [-0.3, -0.25) is 0 Å². The average Bonchev–Trinajstić information content (AvgIpc) is 2.32. The first kappa shape index (κ1) is 12.5. The number of rotatable bonds is 4. The van der Waals surface area contributed by atoms with E-state index in [4.69, 9.17) is 0 Å². The van der Waals surface area contributed by atoms with E-state index in [9.17, 15) is 0 Å². The molecule has 0 fully saturated rings. The topological polar surface area (TPSA) is 3.24 Å². The van der Waals surface area contributed by atoms with Crippen LogP contribution in [0.25, 0.3) is 10.8 Å². The molecule has 0 radical (unpaired) electrons. The fourth-order valence-electron chi connectivity index (χ4n) is 2.09. The van der Waals surface area contributed by atoms with Crippen molar-refractivity contribution in [3.8, 4) is 0 Å². The van der Waals surface area contributed by atoms with Crippen molar-refractivity contribution < 1.29 is 0 Å². The average molecular weight is 245 g/mol. The van der Waals surface area contributed by atoms with Crippen LogP contribution in [-0.4, -0.2) is 25.5 Å². The zero-order chi connectivity index (χ0) is 12.3. The summed E-state index contributed by atoms with van der Waals surface area (Å²) in [5, 5.41) is 2.53. The van der Waals surface area contributed by atoms with E-state index in [1.165, 1.54) is 22.8 Å². The van der Waals surface area contributed by atoms with E-state index in [2.05, 4.69) is 68.0 Å². The summed E-state index contributed by atoms with van der Waals surface area (Å²) in [6.45, 7) is 1.13. The summed E-state index contributed by atoms with van der Waals surface area (Å²) in [4.78, 5) is 3.36. The fraction of sp³-hybridized carbons (Fsp3) is 0.333. The summed E-state index contributed by atoms with van der Waals surface area (Å²) in [5.74, 6) is 0. The maximum atomic E-state index is 4.67. The molecule has 0 aliphatic carbocycles. The summed E-state index contributed by atoms with van der Waals surface area (Å²) in [6.07, 6.45) is 2.28. The summed E-state index contributed by atoms with van der Waals surface area (Å²) >= 11 is 4.67. The Hall–Kier alpha value is -0.990. The van der Waals surface area contributed by atoms with Gasteiger partial charge in [0.15, 0.2) is 0 Å². The molecule has 2 heteroatoms. The van der Waals surface area contributed by atoms with Crippen LogP contribution < -0.4 is 0 Å². The number of fused-ring (bicyclic) bond motifs is 1. The number of benzene rings is 2. The lowest BCUT2D eigenvalue weighted by Gasteiger charge is -2.11. The monoisotopic (exact) mass is 245 g/mol. The van der Waals surface area contributed by atoms with E-state index >= 15 is 0 Å². The van der Waals surface area contributed by atoms with Crippen molar-refractivity contribution in [3.63, 3.8) is 0 Å². The Morgan fingerprint density at radius 1 is 1.06 bits per heavy atom.